The molecule has 2 aromatic carbocycles. The second-order valence-electron chi connectivity index (χ2n) is 8.10. The molecule has 3 aromatic heterocycles. The number of carbonyl (C=O) groups excluding carboxylic acids is 1. The van der Waals surface area contributed by atoms with E-state index in [-0.39, 0.29) is 17.3 Å². The molecule has 35 heavy (non-hydrogen) atoms. The number of pyridine rings is 1. The molecule has 0 spiro atoms. The number of benzene rings is 2. The van der Waals surface area contributed by atoms with Crippen LogP contribution in [0.4, 0.5) is 4.39 Å². The molecular weight excluding hydrogens is 449 g/mol. The van der Waals surface area contributed by atoms with Crippen LogP contribution in [0.3, 0.4) is 0 Å². The van der Waals surface area contributed by atoms with Gasteiger partial charge in [0.05, 0.1) is 29.5 Å². The van der Waals surface area contributed by atoms with Crippen LogP contribution in [0.25, 0.3) is 49.7 Å². The highest BCUT2D eigenvalue weighted by Crippen LogP contribution is 2.40. The predicted octanol–water partition coefficient (Wildman–Crippen LogP) is 5.62. The van der Waals surface area contributed by atoms with Crippen LogP contribution in [-0.4, -0.2) is 44.2 Å². The van der Waals surface area contributed by atoms with Gasteiger partial charge in [0, 0.05) is 44.9 Å². The Hall–Kier alpha value is -4.66. The molecule has 0 atom stereocenters. The fraction of sp³-hybridized carbons (Fsp3) is 0.115. The highest BCUT2D eigenvalue weighted by molar-refractivity contribution is 6.24. The number of nitrogens with zero attached hydrogens (tertiary/aromatic N) is 3. The average Bonchev–Trinajstić information content (AvgIpc) is 3.19. The molecule has 5 aromatic rings. The number of aliphatic hydroxyl groups is 1. The van der Waals surface area contributed by atoms with Crippen molar-refractivity contribution in [3.05, 3.63) is 65.6 Å². The van der Waals surface area contributed by atoms with Gasteiger partial charge in [0.15, 0.2) is 12.1 Å². The van der Waals surface area contributed by atoms with Crippen LogP contribution in [0, 0.1) is 11.2 Å². The zero-order chi connectivity index (χ0) is 24.9. The smallest absolute Gasteiger partial charge is 0.195 e. The Kier molecular flexibility index (Phi) is 5.24. The summed E-state index contributed by atoms with van der Waals surface area (Å²) in [6.07, 6.45) is 2.16. The van der Waals surface area contributed by atoms with Gasteiger partial charge in [-0.25, -0.2) is 14.4 Å². The summed E-state index contributed by atoms with van der Waals surface area (Å²) >= 11 is 0. The van der Waals surface area contributed by atoms with Crippen LogP contribution in [0.5, 0.6) is 5.75 Å². The van der Waals surface area contributed by atoms with Gasteiger partial charge in [0.2, 0.25) is 0 Å². The number of ether oxygens (including phenoxy) is 1. The lowest BCUT2D eigenvalue weighted by atomic mass is 9.97. The number of hydrogen-bond donors (Lipinski definition) is 3. The number of aldehydes is 1. The fourth-order valence-electron chi connectivity index (χ4n) is 4.45. The maximum atomic E-state index is 14.2. The maximum Gasteiger partial charge on any atom is 0.195 e. The van der Waals surface area contributed by atoms with E-state index in [0.717, 1.165) is 0 Å². The molecule has 0 radical (unpaired) electrons. The molecule has 0 saturated carbocycles. The molecule has 0 amide bonds. The lowest BCUT2D eigenvalue weighted by Gasteiger charge is -2.13. The second-order valence-corrected chi connectivity index (χ2v) is 8.10. The number of allylic oxidation sites excluding steroid dienone is 2. The molecule has 0 aliphatic carbocycles. The van der Waals surface area contributed by atoms with E-state index in [2.05, 4.69) is 19.9 Å². The van der Waals surface area contributed by atoms with Crippen molar-refractivity contribution in [1.82, 2.24) is 19.9 Å². The number of carbonyl (C=O) groups is 1. The topological polar surface area (TPSA) is 125 Å². The molecule has 0 fully saturated rings. The van der Waals surface area contributed by atoms with E-state index < -0.39 is 5.82 Å². The molecule has 3 N–H and O–H groups in total. The number of fused-ring (bicyclic) bond motifs is 4. The van der Waals surface area contributed by atoms with Crippen LogP contribution < -0.4 is 4.74 Å². The summed E-state index contributed by atoms with van der Waals surface area (Å²) in [6.45, 7) is 3.09. The molecule has 0 unspecified atom stereocenters. The fourth-order valence-corrected chi connectivity index (χ4v) is 4.45. The van der Waals surface area contributed by atoms with Crippen molar-refractivity contribution in [2.75, 3.05) is 7.11 Å². The number of methoxy groups -OCH3 is 1. The third kappa shape index (κ3) is 3.57. The lowest BCUT2D eigenvalue weighted by molar-refractivity contribution is 0.111. The van der Waals surface area contributed by atoms with Gasteiger partial charge in [0.1, 0.15) is 17.2 Å². The average molecular weight is 469 g/mol. The van der Waals surface area contributed by atoms with E-state index in [0.29, 0.717) is 67.3 Å². The van der Waals surface area contributed by atoms with Crippen LogP contribution in [-0.2, 0) is 0 Å². The van der Waals surface area contributed by atoms with Crippen molar-refractivity contribution in [1.29, 1.82) is 5.41 Å². The summed E-state index contributed by atoms with van der Waals surface area (Å²) in [7, 11) is 1.50. The van der Waals surface area contributed by atoms with Gasteiger partial charge in [-0.05, 0) is 50.2 Å². The minimum atomic E-state index is -0.418. The number of aromatic nitrogens is 4. The third-order valence-electron chi connectivity index (χ3n) is 5.86. The molecule has 8 nitrogen and oxygen atoms in total. The summed E-state index contributed by atoms with van der Waals surface area (Å²) < 4.78 is 19.8. The summed E-state index contributed by atoms with van der Waals surface area (Å²) in [4.78, 5) is 28.0. The summed E-state index contributed by atoms with van der Waals surface area (Å²) in [5.74, 6) is -0.0296. The minimum Gasteiger partial charge on any atom is -0.512 e. The largest absolute Gasteiger partial charge is 0.512 e. The van der Waals surface area contributed by atoms with E-state index in [9.17, 15) is 14.3 Å². The number of rotatable bonds is 5. The zero-order valence-corrected chi connectivity index (χ0v) is 19.1. The lowest BCUT2D eigenvalue weighted by Crippen LogP contribution is -2.01. The first-order valence-electron chi connectivity index (χ1n) is 10.7. The van der Waals surface area contributed by atoms with Crippen LogP contribution in [0.2, 0.25) is 0 Å². The van der Waals surface area contributed by atoms with Crippen LogP contribution in [0.1, 0.15) is 30.0 Å². The van der Waals surface area contributed by atoms with E-state index in [1.807, 2.05) is 0 Å². The highest BCUT2D eigenvalue weighted by Gasteiger charge is 2.21. The maximum absolute atomic E-state index is 14.2. The molecule has 9 heteroatoms. The van der Waals surface area contributed by atoms with Crippen molar-refractivity contribution in [2.24, 2.45) is 0 Å². The SMILES string of the molecule is COc1cc2c(cc1/C(C(C)=N)=C(\C)O)[nH]c1nc(C=O)nc(-c3ccnc4ccc(F)cc34)c12. The van der Waals surface area contributed by atoms with Crippen LogP contribution in [0.15, 0.2) is 48.4 Å². The quantitative estimate of drug-likeness (QED) is 0.174. The third-order valence-corrected chi connectivity index (χ3v) is 5.86. The van der Waals surface area contributed by atoms with Gasteiger partial charge < -0.3 is 20.2 Å². The second kappa shape index (κ2) is 8.28. The van der Waals surface area contributed by atoms with Gasteiger partial charge in [-0.3, -0.25) is 9.78 Å². The van der Waals surface area contributed by atoms with Gasteiger partial charge in [0.25, 0.3) is 0 Å². The molecule has 174 valence electrons. The summed E-state index contributed by atoms with van der Waals surface area (Å²) in [5, 5.41) is 20.2. The zero-order valence-electron chi connectivity index (χ0n) is 19.1. The van der Waals surface area contributed by atoms with Gasteiger partial charge in [-0.2, -0.15) is 0 Å². The van der Waals surface area contributed by atoms with Gasteiger partial charge >= 0.3 is 0 Å². The van der Waals surface area contributed by atoms with Crippen molar-refractivity contribution >= 4 is 50.4 Å². The molecule has 0 aliphatic heterocycles. The predicted molar refractivity (Wildman–Crippen MR) is 133 cm³/mol. The van der Waals surface area contributed by atoms with Gasteiger partial charge in [-0.1, -0.05) is 0 Å². The van der Waals surface area contributed by atoms with Gasteiger partial charge in [-0.15, -0.1) is 0 Å². The molecule has 3 heterocycles. The normalized spacial score (nSPS) is 12.2. The number of nitrogens with one attached hydrogen (secondary N) is 2. The molecule has 5 rings (SSSR count). The Morgan fingerprint density at radius 2 is 1.94 bits per heavy atom. The minimum absolute atomic E-state index is 0.0136. The number of aliphatic hydroxyl groups excluding tert-OH is 1. The standard InChI is InChI=1S/C26H20FN5O3/c1-12(28)23(13(2)34)18-9-20-17(10-21(18)35-3)24-25(31-22(11-33)32-26(24)30-20)15-6-7-29-19-5-4-14(27)8-16(15)19/h4-11,28,34H,1-3H3,(H,30,31,32)/b23-13+,28-12?. The number of H-pyrrole nitrogens is 1. The first kappa shape index (κ1) is 22.1. The Balaban J connectivity index is 1.92. The Morgan fingerprint density at radius 3 is 2.63 bits per heavy atom. The Morgan fingerprint density at radius 1 is 1.14 bits per heavy atom. The van der Waals surface area contributed by atoms with Crippen molar-refractivity contribution in [3.8, 4) is 17.0 Å². The highest BCUT2D eigenvalue weighted by atomic mass is 19.1. The molecular formula is C26H20FN5O3. The van der Waals surface area contributed by atoms with Crippen molar-refractivity contribution < 1.29 is 19.0 Å². The summed E-state index contributed by atoms with van der Waals surface area (Å²) in [5.41, 5.74) is 3.71. The van der Waals surface area contributed by atoms with E-state index >= 15 is 0 Å². The first-order chi connectivity index (χ1) is 16.8. The first-order valence-corrected chi connectivity index (χ1v) is 10.7. The summed E-state index contributed by atoms with van der Waals surface area (Å²) in [6, 6.07) is 9.56. The molecule has 0 aliphatic rings. The number of aromatic amines is 1. The van der Waals surface area contributed by atoms with Crippen molar-refractivity contribution in [3.63, 3.8) is 0 Å². The Bertz CT molecular complexity index is 1720. The van der Waals surface area contributed by atoms with E-state index in [1.165, 1.54) is 26.2 Å². The van der Waals surface area contributed by atoms with E-state index in [1.54, 1.807) is 37.4 Å². The number of hydrogen-bond acceptors (Lipinski definition) is 7. The number of halogens is 1. The Labute approximate surface area is 198 Å². The van der Waals surface area contributed by atoms with Crippen molar-refractivity contribution in [2.45, 2.75) is 13.8 Å². The monoisotopic (exact) mass is 469 g/mol. The van der Waals surface area contributed by atoms with E-state index in [4.69, 9.17) is 10.1 Å². The van der Waals surface area contributed by atoms with Crippen LogP contribution >= 0.6 is 0 Å². The molecule has 0 saturated heterocycles. The molecule has 0 bridgehead atoms.